The first-order valence-electron chi connectivity index (χ1n) is 12.8. The molecule has 0 fully saturated rings. The number of amides is 1. The minimum Gasteiger partial charge on any atom is -0.487 e. The molecule has 0 saturated heterocycles. The second kappa shape index (κ2) is 15.4. The third-order valence-electron chi connectivity index (χ3n) is 6.05. The first kappa shape index (κ1) is 26.9. The molecular formula is C30H36N2O4. The number of hydrogen-bond acceptors (Lipinski definition) is 4. The fourth-order valence-electron chi connectivity index (χ4n) is 4.08. The number of ether oxygens (including phenoxy) is 1. The van der Waals surface area contributed by atoms with Gasteiger partial charge in [0.2, 0.25) is 5.91 Å². The fourth-order valence-corrected chi connectivity index (χ4v) is 4.08. The quantitative estimate of drug-likeness (QED) is 0.251. The molecule has 0 aliphatic rings. The Kier molecular flexibility index (Phi) is 11.5. The Hall–Kier alpha value is -3.67. The van der Waals surface area contributed by atoms with Crippen LogP contribution in [0.15, 0.2) is 79.0 Å². The summed E-state index contributed by atoms with van der Waals surface area (Å²) in [5.41, 5.74) is 3.23. The van der Waals surface area contributed by atoms with E-state index in [2.05, 4.69) is 34.6 Å². The van der Waals surface area contributed by atoms with Crippen molar-refractivity contribution in [2.45, 2.75) is 70.4 Å². The molecule has 0 radical (unpaired) electrons. The van der Waals surface area contributed by atoms with Crippen LogP contribution in [0.3, 0.4) is 0 Å². The summed E-state index contributed by atoms with van der Waals surface area (Å²) in [7, 11) is 0. The molecule has 1 aromatic heterocycles. The van der Waals surface area contributed by atoms with Gasteiger partial charge in [-0.05, 0) is 67.5 Å². The van der Waals surface area contributed by atoms with Gasteiger partial charge in [-0.25, -0.2) is 0 Å². The molecular weight excluding hydrogens is 452 g/mol. The molecule has 2 N–H and O–H groups in total. The molecule has 0 aliphatic carbocycles. The van der Waals surface area contributed by atoms with Gasteiger partial charge in [0, 0.05) is 25.1 Å². The third-order valence-corrected chi connectivity index (χ3v) is 6.05. The molecule has 3 aromatic rings. The monoisotopic (exact) mass is 488 g/mol. The lowest BCUT2D eigenvalue weighted by Gasteiger charge is -2.18. The Labute approximate surface area is 213 Å². The number of aromatic nitrogens is 1. The van der Waals surface area contributed by atoms with Crippen molar-refractivity contribution in [2.75, 3.05) is 0 Å². The Morgan fingerprint density at radius 3 is 2.31 bits per heavy atom. The molecule has 6 heteroatoms. The zero-order chi connectivity index (χ0) is 25.4. The van der Waals surface area contributed by atoms with Crippen molar-refractivity contribution in [3.8, 4) is 5.75 Å². The Morgan fingerprint density at radius 2 is 1.58 bits per heavy atom. The maximum atomic E-state index is 12.5. The summed E-state index contributed by atoms with van der Waals surface area (Å²) < 4.78 is 5.78. The zero-order valence-electron chi connectivity index (χ0n) is 20.8. The number of benzene rings is 2. The molecule has 36 heavy (non-hydrogen) atoms. The highest BCUT2D eigenvalue weighted by Gasteiger charge is 2.15. The number of carboxylic acid groups (broad SMARTS) is 1. The summed E-state index contributed by atoms with van der Waals surface area (Å²) in [5.74, 6) is -0.127. The minimum atomic E-state index is -0.856. The van der Waals surface area contributed by atoms with Crippen molar-refractivity contribution in [1.29, 1.82) is 0 Å². The number of carbonyl (C=O) groups excluding carboxylic acids is 1. The SMILES string of the molecule is O=C(O)CC[C@@H](Cc1ccc(OCc2ccccn2)cc1)NC(=O)CCCCCCc1ccccc1. The van der Waals surface area contributed by atoms with Gasteiger partial charge in [0.1, 0.15) is 12.4 Å². The number of aliphatic carboxylic acids is 1. The summed E-state index contributed by atoms with van der Waals surface area (Å²) in [6.45, 7) is 0.393. The summed E-state index contributed by atoms with van der Waals surface area (Å²) in [4.78, 5) is 27.9. The van der Waals surface area contributed by atoms with E-state index >= 15 is 0 Å². The molecule has 0 unspecified atom stereocenters. The highest BCUT2D eigenvalue weighted by molar-refractivity contribution is 5.76. The van der Waals surface area contributed by atoms with Crippen LogP contribution in [0.2, 0.25) is 0 Å². The van der Waals surface area contributed by atoms with Crippen molar-refractivity contribution >= 4 is 11.9 Å². The van der Waals surface area contributed by atoms with E-state index in [-0.39, 0.29) is 18.4 Å². The molecule has 1 heterocycles. The van der Waals surface area contributed by atoms with E-state index in [1.54, 1.807) is 6.20 Å². The second-order valence-electron chi connectivity index (χ2n) is 9.05. The van der Waals surface area contributed by atoms with Crippen LogP contribution in [0.1, 0.15) is 61.8 Å². The van der Waals surface area contributed by atoms with Crippen LogP contribution in [0.4, 0.5) is 0 Å². The van der Waals surface area contributed by atoms with Crippen molar-refractivity contribution < 1.29 is 19.4 Å². The van der Waals surface area contributed by atoms with Gasteiger partial charge in [0.05, 0.1) is 5.69 Å². The molecule has 1 amide bonds. The summed E-state index contributed by atoms with van der Waals surface area (Å²) in [6.07, 6.45) is 8.34. The van der Waals surface area contributed by atoms with Crippen molar-refractivity contribution in [3.05, 3.63) is 95.8 Å². The van der Waals surface area contributed by atoms with E-state index in [9.17, 15) is 9.59 Å². The molecule has 0 saturated carbocycles. The lowest BCUT2D eigenvalue weighted by Crippen LogP contribution is -2.36. The van der Waals surface area contributed by atoms with E-state index in [0.29, 0.717) is 25.9 Å². The van der Waals surface area contributed by atoms with Crippen LogP contribution in [0.25, 0.3) is 0 Å². The largest absolute Gasteiger partial charge is 0.487 e. The molecule has 0 aliphatic heterocycles. The molecule has 0 bridgehead atoms. The average molecular weight is 489 g/mol. The highest BCUT2D eigenvalue weighted by atomic mass is 16.5. The van der Waals surface area contributed by atoms with Gasteiger partial charge < -0.3 is 15.2 Å². The van der Waals surface area contributed by atoms with E-state index < -0.39 is 5.97 Å². The number of nitrogens with zero attached hydrogens (tertiary/aromatic N) is 1. The van der Waals surface area contributed by atoms with Gasteiger partial charge in [-0.2, -0.15) is 0 Å². The fraction of sp³-hybridized carbons (Fsp3) is 0.367. The number of nitrogens with one attached hydrogen (secondary N) is 1. The van der Waals surface area contributed by atoms with E-state index in [0.717, 1.165) is 49.1 Å². The molecule has 3 rings (SSSR count). The number of pyridine rings is 1. The lowest BCUT2D eigenvalue weighted by atomic mass is 10.0. The molecule has 6 nitrogen and oxygen atoms in total. The number of unbranched alkanes of at least 4 members (excludes halogenated alkanes) is 3. The van der Waals surface area contributed by atoms with Crippen molar-refractivity contribution in [2.24, 2.45) is 0 Å². The van der Waals surface area contributed by atoms with Crippen LogP contribution >= 0.6 is 0 Å². The number of aryl methyl sites for hydroxylation is 1. The predicted octanol–water partition coefficient (Wildman–Crippen LogP) is 5.75. The standard InChI is InChI=1S/C30H36N2O4/c33-29(14-7-2-1-4-10-24-11-5-3-6-12-24)32-26(17-20-30(34)35)22-25-15-18-28(19-16-25)36-23-27-13-8-9-21-31-27/h3,5-6,8-9,11-13,15-16,18-19,21,26H,1-2,4,7,10,14,17,20,22-23H2,(H,32,33)(H,34,35)/t26-/m0/s1. The summed E-state index contributed by atoms with van der Waals surface area (Å²) in [5, 5.41) is 12.2. The van der Waals surface area contributed by atoms with E-state index in [4.69, 9.17) is 9.84 Å². The van der Waals surface area contributed by atoms with Crippen LogP contribution in [-0.2, 0) is 29.0 Å². The predicted molar refractivity (Wildman–Crippen MR) is 141 cm³/mol. The topological polar surface area (TPSA) is 88.5 Å². The first-order valence-corrected chi connectivity index (χ1v) is 12.8. The number of hydrogen-bond donors (Lipinski definition) is 2. The smallest absolute Gasteiger partial charge is 0.303 e. The Morgan fingerprint density at radius 1 is 0.833 bits per heavy atom. The highest BCUT2D eigenvalue weighted by Crippen LogP contribution is 2.16. The van der Waals surface area contributed by atoms with Crippen molar-refractivity contribution in [1.82, 2.24) is 10.3 Å². The Balaban J connectivity index is 1.40. The van der Waals surface area contributed by atoms with E-state index in [1.807, 2.05) is 48.5 Å². The minimum absolute atomic E-state index is 0.0104. The van der Waals surface area contributed by atoms with Crippen molar-refractivity contribution in [3.63, 3.8) is 0 Å². The van der Waals surface area contributed by atoms with Gasteiger partial charge in [-0.1, -0.05) is 61.4 Å². The number of carboxylic acids is 1. The normalized spacial score (nSPS) is 11.6. The molecule has 1 atom stereocenters. The lowest BCUT2D eigenvalue weighted by molar-refractivity contribution is -0.137. The van der Waals surface area contributed by atoms with E-state index in [1.165, 1.54) is 5.56 Å². The molecule has 190 valence electrons. The summed E-state index contributed by atoms with van der Waals surface area (Å²) in [6, 6.07) is 23.6. The first-order chi connectivity index (χ1) is 17.6. The average Bonchev–Trinajstić information content (AvgIpc) is 2.90. The van der Waals surface area contributed by atoms with Crippen LogP contribution < -0.4 is 10.1 Å². The number of rotatable bonds is 16. The third kappa shape index (κ3) is 10.7. The second-order valence-corrected chi connectivity index (χ2v) is 9.05. The molecule has 0 spiro atoms. The maximum Gasteiger partial charge on any atom is 0.303 e. The van der Waals surface area contributed by atoms with Crippen LogP contribution in [-0.4, -0.2) is 28.0 Å². The maximum absolute atomic E-state index is 12.5. The van der Waals surface area contributed by atoms with Gasteiger partial charge in [0.15, 0.2) is 0 Å². The molecule has 2 aromatic carbocycles. The zero-order valence-corrected chi connectivity index (χ0v) is 20.8. The van der Waals surface area contributed by atoms with Crippen LogP contribution in [0.5, 0.6) is 5.75 Å². The Bertz CT molecular complexity index is 1040. The van der Waals surface area contributed by atoms with Gasteiger partial charge in [-0.3, -0.25) is 14.6 Å². The van der Waals surface area contributed by atoms with Gasteiger partial charge >= 0.3 is 5.97 Å². The van der Waals surface area contributed by atoms with Gasteiger partial charge in [0.25, 0.3) is 0 Å². The summed E-state index contributed by atoms with van der Waals surface area (Å²) >= 11 is 0. The number of carbonyl (C=O) groups is 2. The van der Waals surface area contributed by atoms with Gasteiger partial charge in [-0.15, -0.1) is 0 Å². The van der Waals surface area contributed by atoms with Crippen LogP contribution in [0, 0.1) is 0 Å².